The molecule has 32 heavy (non-hydrogen) atoms. The molecule has 2 aromatic carbocycles. The van der Waals surface area contributed by atoms with Crippen molar-refractivity contribution in [3.05, 3.63) is 86.8 Å². The second kappa shape index (κ2) is 9.67. The average molecular weight is 447 g/mol. The number of H-pyrrole nitrogens is 1. The van der Waals surface area contributed by atoms with Crippen molar-refractivity contribution in [1.29, 1.82) is 0 Å². The van der Waals surface area contributed by atoms with Crippen molar-refractivity contribution in [3.8, 4) is 22.8 Å². The van der Waals surface area contributed by atoms with Crippen LogP contribution < -0.4 is 20.5 Å². The second-order valence-electron chi connectivity index (χ2n) is 6.39. The Bertz CT molecular complexity index is 1280. The van der Waals surface area contributed by atoms with E-state index in [-0.39, 0.29) is 11.6 Å². The monoisotopic (exact) mass is 447 g/mol. The number of hydrazone groups is 1. The standard InChI is InChI=1S/C22H17N5O4S/c1-30-16-10-6-15(7-11-16)19-20(28)24-22(27-25-19)26-23-13-14-4-8-17(9-5-14)31-21(29)18-3-2-12-32-18/h2-13H,1H3,(H2,24,26,27,28)/b23-13+. The number of nitrogens with zero attached hydrogens (tertiary/aromatic N) is 3. The number of hydrogen-bond donors (Lipinski definition) is 2. The van der Waals surface area contributed by atoms with Crippen molar-refractivity contribution in [2.45, 2.75) is 0 Å². The number of carbonyl (C=O) groups excluding carboxylic acids is 1. The molecule has 0 unspecified atom stereocenters. The summed E-state index contributed by atoms with van der Waals surface area (Å²) in [5.41, 5.74) is 3.79. The lowest BCUT2D eigenvalue weighted by atomic mass is 10.1. The Morgan fingerprint density at radius 1 is 1.06 bits per heavy atom. The molecule has 0 bridgehead atoms. The number of rotatable bonds is 7. The molecule has 4 aromatic rings. The topological polar surface area (TPSA) is 119 Å². The number of ether oxygens (including phenoxy) is 2. The highest BCUT2D eigenvalue weighted by Crippen LogP contribution is 2.18. The highest BCUT2D eigenvalue weighted by Gasteiger charge is 2.09. The quantitative estimate of drug-likeness (QED) is 0.192. The van der Waals surface area contributed by atoms with E-state index >= 15 is 0 Å². The number of anilines is 1. The van der Waals surface area contributed by atoms with Crippen LogP contribution >= 0.6 is 11.3 Å². The van der Waals surface area contributed by atoms with Gasteiger partial charge in [-0.25, -0.2) is 10.2 Å². The number of methoxy groups -OCH3 is 1. The third-order valence-corrected chi connectivity index (χ3v) is 5.11. The Kier molecular flexibility index (Phi) is 6.33. The van der Waals surface area contributed by atoms with Crippen LogP contribution in [0.2, 0.25) is 0 Å². The molecule has 4 rings (SSSR count). The molecule has 0 fully saturated rings. The van der Waals surface area contributed by atoms with Gasteiger partial charge in [-0.15, -0.1) is 21.5 Å². The fourth-order valence-electron chi connectivity index (χ4n) is 2.67. The van der Waals surface area contributed by atoms with Crippen LogP contribution in [-0.4, -0.2) is 34.5 Å². The van der Waals surface area contributed by atoms with Crippen LogP contribution in [0.25, 0.3) is 11.3 Å². The van der Waals surface area contributed by atoms with Crippen molar-refractivity contribution in [3.63, 3.8) is 0 Å². The number of aromatic amines is 1. The van der Waals surface area contributed by atoms with Crippen LogP contribution in [0, 0.1) is 0 Å². The van der Waals surface area contributed by atoms with Crippen LogP contribution in [0.3, 0.4) is 0 Å². The normalized spacial score (nSPS) is 10.8. The first kappa shape index (κ1) is 20.9. The molecular formula is C22H17N5O4S. The van der Waals surface area contributed by atoms with Crippen LogP contribution in [0.15, 0.2) is 75.9 Å². The fourth-order valence-corrected chi connectivity index (χ4v) is 3.27. The van der Waals surface area contributed by atoms with E-state index in [9.17, 15) is 9.59 Å². The van der Waals surface area contributed by atoms with Gasteiger partial charge in [-0.3, -0.25) is 9.78 Å². The number of esters is 1. The summed E-state index contributed by atoms with van der Waals surface area (Å²) in [7, 11) is 1.57. The van der Waals surface area contributed by atoms with Gasteiger partial charge < -0.3 is 9.47 Å². The first-order chi connectivity index (χ1) is 15.6. The molecule has 0 aliphatic rings. The van der Waals surface area contributed by atoms with Gasteiger partial charge in [0.2, 0.25) is 5.95 Å². The molecule has 160 valence electrons. The number of thiophene rings is 1. The maximum absolute atomic E-state index is 12.3. The van der Waals surface area contributed by atoms with Crippen molar-refractivity contribution in [2.75, 3.05) is 12.5 Å². The zero-order valence-corrected chi connectivity index (χ0v) is 17.6. The highest BCUT2D eigenvalue weighted by molar-refractivity contribution is 7.12. The zero-order valence-electron chi connectivity index (χ0n) is 16.8. The predicted octanol–water partition coefficient (Wildman–Crippen LogP) is 3.57. The van der Waals surface area contributed by atoms with Crippen molar-refractivity contribution in [1.82, 2.24) is 15.2 Å². The Balaban J connectivity index is 1.36. The summed E-state index contributed by atoms with van der Waals surface area (Å²) in [5.74, 6) is 0.811. The maximum atomic E-state index is 12.3. The van der Waals surface area contributed by atoms with E-state index in [2.05, 4.69) is 25.7 Å². The first-order valence-electron chi connectivity index (χ1n) is 9.38. The molecule has 0 spiro atoms. The summed E-state index contributed by atoms with van der Waals surface area (Å²) in [6.45, 7) is 0. The van der Waals surface area contributed by atoms with Crippen LogP contribution in [-0.2, 0) is 0 Å². The van der Waals surface area contributed by atoms with Gasteiger partial charge >= 0.3 is 5.97 Å². The van der Waals surface area contributed by atoms with Crippen molar-refractivity contribution in [2.24, 2.45) is 5.10 Å². The molecule has 2 N–H and O–H groups in total. The van der Waals surface area contributed by atoms with Gasteiger partial charge in [0, 0.05) is 5.56 Å². The lowest BCUT2D eigenvalue weighted by Gasteiger charge is -2.04. The van der Waals surface area contributed by atoms with Gasteiger partial charge in [0.1, 0.15) is 16.4 Å². The molecule has 2 aromatic heterocycles. The lowest BCUT2D eigenvalue weighted by Crippen LogP contribution is -2.15. The lowest BCUT2D eigenvalue weighted by molar-refractivity contribution is 0.0740. The molecule has 10 heteroatoms. The summed E-state index contributed by atoms with van der Waals surface area (Å²) in [4.78, 5) is 27.4. The largest absolute Gasteiger partial charge is 0.497 e. The summed E-state index contributed by atoms with van der Waals surface area (Å²) < 4.78 is 10.4. The number of benzene rings is 2. The van der Waals surface area contributed by atoms with E-state index in [0.29, 0.717) is 21.9 Å². The fraction of sp³-hybridized carbons (Fsp3) is 0.0455. The molecule has 0 saturated heterocycles. The highest BCUT2D eigenvalue weighted by atomic mass is 32.1. The van der Waals surface area contributed by atoms with Crippen molar-refractivity contribution < 1.29 is 14.3 Å². The van der Waals surface area contributed by atoms with E-state index in [1.807, 2.05) is 5.38 Å². The molecule has 2 heterocycles. The van der Waals surface area contributed by atoms with Gasteiger partial charge in [-0.1, -0.05) is 6.07 Å². The number of hydrogen-bond acceptors (Lipinski definition) is 9. The molecule has 0 aliphatic heterocycles. The molecule has 0 amide bonds. The van der Waals surface area contributed by atoms with E-state index in [1.54, 1.807) is 67.8 Å². The van der Waals surface area contributed by atoms with Gasteiger partial charge in [0.25, 0.3) is 5.56 Å². The van der Waals surface area contributed by atoms with Gasteiger partial charge in [-0.05, 0) is 65.5 Å². The smallest absolute Gasteiger partial charge is 0.353 e. The first-order valence-corrected chi connectivity index (χ1v) is 10.3. The molecular weight excluding hydrogens is 430 g/mol. The van der Waals surface area contributed by atoms with Crippen LogP contribution in [0.5, 0.6) is 11.5 Å². The number of nitrogens with one attached hydrogen (secondary N) is 2. The Labute approximate surface area is 186 Å². The zero-order chi connectivity index (χ0) is 22.3. The van der Waals surface area contributed by atoms with E-state index in [4.69, 9.17) is 9.47 Å². The summed E-state index contributed by atoms with van der Waals surface area (Å²) in [6, 6.07) is 17.2. The minimum absolute atomic E-state index is 0.102. The van der Waals surface area contributed by atoms with E-state index in [0.717, 1.165) is 5.56 Å². The minimum atomic E-state index is -0.403. The maximum Gasteiger partial charge on any atom is 0.353 e. The molecule has 9 nitrogen and oxygen atoms in total. The van der Waals surface area contributed by atoms with E-state index in [1.165, 1.54) is 17.6 Å². The Hall–Kier alpha value is -4.31. The summed E-state index contributed by atoms with van der Waals surface area (Å²) >= 11 is 1.32. The van der Waals surface area contributed by atoms with Crippen LogP contribution in [0.4, 0.5) is 5.95 Å². The van der Waals surface area contributed by atoms with Gasteiger partial charge in [0.15, 0.2) is 5.69 Å². The van der Waals surface area contributed by atoms with Gasteiger partial charge in [-0.2, -0.15) is 5.10 Å². The predicted molar refractivity (Wildman–Crippen MR) is 122 cm³/mol. The molecule has 0 aliphatic carbocycles. The molecule has 0 saturated carbocycles. The number of aromatic nitrogens is 3. The Morgan fingerprint density at radius 3 is 2.47 bits per heavy atom. The third-order valence-electron chi connectivity index (χ3n) is 4.26. The van der Waals surface area contributed by atoms with Crippen LogP contribution in [0.1, 0.15) is 15.2 Å². The van der Waals surface area contributed by atoms with Gasteiger partial charge in [0.05, 0.1) is 13.3 Å². The van der Waals surface area contributed by atoms with Crippen molar-refractivity contribution >= 4 is 29.5 Å². The van der Waals surface area contributed by atoms with E-state index < -0.39 is 11.5 Å². The Morgan fingerprint density at radius 2 is 1.81 bits per heavy atom. The second-order valence-corrected chi connectivity index (χ2v) is 7.33. The number of carbonyl (C=O) groups is 1. The summed E-state index contributed by atoms with van der Waals surface area (Å²) in [5, 5.41) is 13.8. The molecule has 0 radical (unpaired) electrons. The third kappa shape index (κ3) is 5.05. The average Bonchev–Trinajstić information content (AvgIpc) is 3.36. The minimum Gasteiger partial charge on any atom is -0.497 e. The molecule has 0 atom stereocenters. The SMILES string of the molecule is COc1ccc(-c2nnc(N/N=C/c3ccc(OC(=O)c4cccs4)cc3)[nH]c2=O)cc1. The summed E-state index contributed by atoms with van der Waals surface area (Å²) in [6.07, 6.45) is 1.53.